The summed E-state index contributed by atoms with van der Waals surface area (Å²) >= 11 is 0. The monoisotopic (exact) mass is 417 g/mol. The van der Waals surface area contributed by atoms with Gasteiger partial charge < -0.3 is 9.30 Å². The van der Waals surface area contributed by atoms with E-state index in [0.29, 0.717) is 12.1 Å². The molecule has 160 valence electrons. The average molecular weight is 418 g/mol. The lowest BCUT2D eigenvalue weighted by Crippen LogP contribution is -2.37. The van der Waals surface area contributed by atoms with Crippen LogP contribution in [-0.2, 0) is 0 Å². The number of methoxy groups -OCH3 is 1. The number of halogens is 1. The Morgan fingerprint density at radius 1 is 1.13 bits per heavy atom. The molecule has 0 bridgehead atoms. The summed E-state index contributed by atoms with van der Waals surface area (Å²) < 4.78 is 21.1. The lowest BCUT2D eigenvalue weighted by atomic mass is 9.92. The molecule has 3 aromatic rings. The van der Waals surface area contributed by atoms with Crippen molar-refractivity contribution >= 4 is 6.08 Å². The van der Waals surface area contributed by atoms with Gasteiger partial charge in [0.2, 0.25) is 0 Å². The van der Waals surface area contributed by atoms with Gasteiger partial charge >= 0.3 is 0 Å². The summed E-state index contributed by atoms with van der Waals surface area (Å²) in [5.41, 5.74) is 5.81. The van der Waals surface area contributed by atoms with Crippen molar-refractivity contribution in [1.29, 1.82) is 0 Å². The molecule has 0 spiro atoms. The van der Waals surface area contributed by atoms with Gasteiger partial charge in [0.05, 0.1) is 24.8 Å². The second-order valence-electron chi connectivity index (χ2n) is 8.68. The van der Waals surface area contributed by atoms with Gasteiger partial charge in [0, 0.05) is 24.8 Å². The summed E-state index contributed by atoms with van der Waals surface area (Å²) in [6, 6.07) is 14.4. The normalized spacial score (nSPS) is 22.6. The van der Waals surface area contributed by atoms with Crippen molar-refractivity contribution in [3.63, 3.8) is 0 Å². The zero-order valence-electron chi connectivity index (χ0n) is 18.1. The summed E-state index contributed by atoms with van der Waals surface area (Å²) in [5.74, 6) is 0.674. The summed E-state index contributed by atoms with van der Waals surface area (Å²) in [7, 11) is 1.71. The average Bonchev–Trinajstić information content (AvgIpc) is 3.39. The largest absolute Gasteiger partial charge is 0.495 e. The third kappa shape index (κ3) is 4.02. The van der Waals surface area contributed by atoms with E-state index >= 15 is 0 Å². The van der Waals surface area contributed by atoms with Crippen LogP contribution in [0.4, 0.5) is 4.39 Å². The zero-order valence-corrected chi connectivity index (χ0v) is 18.1. The van der Waals surface area contributed by atoms with Crippen LogP contribution in [0.15, 0.2) is 60.6 Å². The number of piperidine rings is 1. The van der Waals surface area contributed by atoms with Crippen LogP contribution in [0.3, 0.4) is 0 Å². The Bertz CT molecular complexity index is 1100. The van der Waals surface area contributed by atoms with Crippen molar-refractivity contribution in [3.8, 4) is 11.4 Å². The fourth-order valence-corrected chi connectivity index (χ4v) is 5.13. The second-order valence-corrected chi connectivity index (χ2v) is 8.68. The van der Waals surface area contributed by atoms with Crippen molar-refractivity contribution in [2.75, 3.05) is 13.7 Å². The number of aromatic nitrogens is 2. The molecule has 0 amide bonds. The van der Waals surface area contributed by atoms with Crippen LogP contribution in [-0.4, -0.2) is 34.1 Å². The summed E-state index contributed by atoms with van der Waals surface area (Å²) in [6.45, 7) is 2.95. The molecule has 0 unspecified atom stereocenters. The fourth-order valence-electron chi connectivity index (χ4n) is 5.13. The van der Waals surface area contributed by atoms with Crippen LogP contribution in [0.25, 0.3) is 11.8 Å². The first-order valence-corrected chi connectivity index (χ1v) is 11.0. The molecular weight excluding hydrogens is 389 g/mol. The first-order chi connectivity index (χ1) is 15.1. The molecule has 2 aliphatic rings. The van der Waals surface area contributed by atoms with E-state index in [1.807, 2.05) is 36.1 Å². The predicted molar refractivity (Wildman–Crippen MR) is 121 cm³/mol. The smallest absolute Gasteiger partial charge is 0.143 e. The maximum absolute atomic E-state index is 13.4. The van der Waals surface area contributed by atoms with Gasteiger partial charge in [-0.15, -0.1) is 0 Å². The van der Waals surface area contributed by atoms with Crippen molar-refractivity contribution in [3.05, 3.63) is 83.2 Å². The number of rotatable bonds is 4. The van der Waals surface area contributed by atoms with Gasteiger partial charge in [-0.1, -0.05) is 29.8 Å². The molecule has 31 heavy (non-hydrogen) atoms. The van der Waals surface area contributed by atoms with E-state index in [-0.39, 0.29) is 5.82 Å². The topological polar surface area (TPSA) is 30.3 Å². The molecule has 0 saturated carbocycles. The minimum absolute atomic E-state index is 0.165. The Kier molecular flexibility index (Phi) is 5.36. The van der Waals surface area contributed by atoms with Crippen LogP contribution in [0.2, 0.25) is 0 Å². The number of ether oxygens (including phenoxy) is 1. The lowest BCUT2D eigenvalue weighted by molar-refractivity contribution is 0.124. The Labute approximate surface area is 183 Å². The summed E-state index contributed by atoms with van der Waals surface area (Å²) in [5, 5.41) is 0. The minimum atomic E-state index is -0.165. The zero-order chi connectivity index (χ0) is 21.4. The molecule has 3 heterocycles. The summed E-state index contributed by atoms with van der Waals surface area (Å²) in [6.07, 6.45) is 10.8. The quantitative estimate of drug-likeness (QED) is 0.545. The maximum Gasteiger partial charge on any atom is 0.143 e. The minimum Gasteiger partial charge on any atom is -0.495 e. The van der Waals surface area contributed by atoms with E-state index in [2.05, 4.69) is 34.2 Å². The third-order valence-corrected chi connectivity index (χ3v) is 6.59. The highest BCUT2D eigenvalue weighted by Gasteiger charge is 2.36. The molecule has 0 aliphatic carbocycles. The number of hydrogen-bond donors (Lipinski definition) is 0. The van der Waals surface area contributed by atoms with Gasteiger partial charge in [-0.3, -0.25) is 4.90 Å². The Hall–Kier alpha value is -2.92. The van der Waals surface area contributed by atoms with Crippen LogP contribution in [0.5, 0.6) is 5.75 Å². The van der Waals surface area contributed by atoms with Crippen LogP contribution in [0.1, 0.15) is 48.5 Å². The standard InChI is InChI=1S/C26H28FN3O/c1-18-15-29(17-28-18)25-11-6-19(14-26(25)31-2)12-20-13-23-4-3-5-24(30(23)16-20)21-7-9-22(27)10-8-21/h6-12,14-15,17,23-24H,3-5,13,16H2,1-2H3/b20-12+/t23-,24+/m1/s1. The van der Waals surface area contributed by atoms with E-state index < -0.39 is 0 Å². The van der Waals surface area contributed by atoms with Gasteiger partial charge in [0.25, 0.3) is 0 Å². The fraction of sp³-hybridized carbons (Fsp3) is 0.346. The van der Waals surface area contributed by atoms with Crippen molar-refractivity contribution < 1.29 is 9.13 Å². The van der Waals surface area contributed by atoms with E-state index in [0.717, 1.165) is 42.1 Å². The van der Waals surface area contributed by atoms with Crippen LogP contribution in [0, 0.1) is 12.7 Å². The van der Waals surface area contributed by atoms with Crippen molar-refractivity contribution in [2.24, 2.45) is 0 Å². The Balaban J connectivity index is 1.38. The molecule has 2 atom stereocenters. The predicted octanol–water partition coefficient (Wildman–Crippen LogP) is 5.71. The first kappa shape index (κ1) is 20.0. The molecule has 4 nitrogen and oxygen atoms in total. The molecular formula is C26H28FN3O. The number of benzene rings is 2. The maximum atomic E-state index is 13.4. The molecule has 0 N–H and O–H groups in total. The van der Waals surface area contributed by atoms with Gasteiger partial charge in [-0.05, 0) is 68.0 Å². The Morgan fingerprint density at radius 3 is 2.71 bits per heavy atom. The highest BCUT2D eigenvalue weighted by Crippen LogP contribution is 2.41. The first-order valence-electron chi connectivity index (χ1n) is 11.0. The highest BCUT2D eigenvalue weighted by atomic mass is 19.1. The number of hydrogen-bond acceptors (Lipinski definition) is 3. The van der Waals surface area contributed by atoms with Gasteiger partial charge in [0.1, 0.15) is 11.6 Å². The van der Waals surface area contributed by atoms with Crippen molar-refractivity contribution in [2.45, 2.75) is 44.7 Å². The van der Waals surface area contributed by atoms with Gasteiger partial charge in [-0.2, -0.15) is 0 Å². The van der Waals surface area contributed by atoms with E-state index in [1.54, 1.807) is 19.2 Å². The van der Waals surface area contributed by atoms with Crippen LogP contribution < -0.4 is 4.74 Å². The Morgan fingerprint density at radius 2 is 1.97 bits per heavy atom. The second kappa shape index (κ2) is 8.31. The number of aryl methyl sites for hydroxylation is 1. The van der Waals surface area contributed by atoms with Crippen molar-refractivity contribution in [1.82, 2.24) is 14.5 Å². The molecule has 0 radical (unpaired) electrons. The molecule has 2 fully saturated rings. The van der Waals surface area contributed by atoms with E-state index in [9.17, 15) is 4.39 Å². The van der Waals surface area contributed by atoms with Gasteiger partial charge in [0.15, 0.2) is 0 Å². The van der Waals surface area contributed by atoms with E-state index in [1.165, 1.54) is 24.0 Å². The van der Waals surface area contributed by atoms with Crippen LogP contribution >= 0.6 is 0 Å². The molecule has 5 heteroatoms. The molecule has 2 aromatic carbocycles. The third-order valence-electron chi connectivity index (χ3n) is 6.59. The number of imidazole rings is 1. The van der Waals surface area contributed by atoms with E-state index in [4.69, 9.17) is 4.74 Å². The molecule has 2 aliphatic heterocycles. The summed E-state index contributed by atoms with van der Waals surface area (Å²) in [4.78, 5) is 6.93. The number of nitrogens with zero attached hydrogens (tertiary/aromatic N) is 3. The highest BCUT2D eigenvalue weighted by molar-refractivity contribution is 5.61. The number of fused-ring (bicyclic) bond motifs is 1. The molecule has 1 aromatic heterocycles. The van der Waals surface area contributed by atoms with Gasteiger partial charge in [-0.25, -0.2) is 9.37 Å². The SMILES string of the molecule is COc1cc(/C=C2\C[C@H]3CCC[C@@H](c4ccc(F)cc4)N3C2)ccc1-n1cnc(C)c1. The molecule has 2 saturated heterocycles. The lowest BCUT2D eigenvalue weighted by Gasteiger charge is -2.37. The molecule has 5 rings (SSSR count).